The van der Waals surface area contributed by atoms with Gasteiger partial charge in [0, 0.05) is 24.5 Å². The fraction of sp³-hybridized carbons (Fsp3) is 0.500. The second-order valence-electron chi connectivity index (χ2n) is 7.51. The van der Waals surface area contributed by atoms with E-state index in [1.165, 1.54) is 6.07 Å². The molecule has 0 unspecified atom stereocenters. The van der Waals surface area contributed by atoms with Crippen molar-refractivity contribution in [3.63, 3.8) is 0 Å². The third-order valence-electron chi connectivity index (χ3n) is 5.19. The van der Waals surface area contributed by atoms with Gasteiger partial charge in [-0.3, -0.25) is 4.79 Å². The summed E-state index contributed by atoms with van der Waals surface area (Å²) in [4.78, 5) is 25.6. The second kappa shape index (κ2) is 7.84. The maximum absolute atomic E-state index is 12.6. The van der Waals surface area contributed by atoms with E-state index in [0.29, 0.717) is 18.7 Å². The summed E-state index contributed by atoms with van der Waals surface area (Å²) in [6.07, 6.45) is 1.73. The van der Waals surface area contributed by atoms with Gasteiger partial charge in [-0.05, 0) is 56.4 Å². The lowest BCUT2D eigenvalue weighted by molar-refractivity contribution is -0.131. The molecule has 1 aromatic heterocycles. The molecule has 0 N–H and O–H groups in total. The van der Waals surface area contributed by atoms with Gasteiger partial charge in [-0.2, -0.15) is 0 Å². The normalized spacial score (nSPS) is 16.2. The number of hydrogen-bond donors (Lipinski definition) is 0. The fourth-order valence-corrected chi connectivity index (χ4v) is 4.76. The van der Waals surface area contributed by atoms with E-state index in [2.05, 4.69) is 0 Å². The van der Waals surface area contributed by atoms with Crippen molar-refractivity contribution in [1.29, 1.82) is 0 Å². The van der Waals surface area contributed by atoms with E-state index >= 15 is 0 Å². The zero-order valence-corrected chi connectivity index (χ0v) is 16.5. The van der Waals surface area contributed by atoms with Crippen molar-refractivity contribution in [1.82, 2.24) is 4.90 Å². The van der Waals surface area contributed by atoms with Crippen LogP contribution in [0.15, 0.2) is 39.5 Å². The van der Waals surface area contributed by atoms with Crippen LogP contribution in [0, 0.1) is 5.92 Å². The standard InChI is InChI=1S/C20H25NO5S/c1-14(2)27(24,25)13-15-7-9-21(10-8-15)19(22)12-16-3-5-18-17(11-16)4-6-20(23)26-18/h3-6,11,14-15H,7-10,12-13H2,1-2H3. The Bertz CT molecular complexity index is 985. The lowest BCUT2D eigenvalue weighted by atomic mass is 9.98. The molecule has 1 fully saturated rings. The first-order chi connectivity index (χ1) is 12.7. The zero-order chi connectivity index (χ0) is 19.6. The van der Waals surface area contributed by atoms with Crippen LogP contribution in [0.25, 0.3) is 11.0 Å². The number of benzene rings is 1. The van der Waals surface area contributed by atoms with Crippen molar-refractivity contribution in [2.75, 3.05) is 18.8 Å². The molecule has 2 heterocycles. The Morgan fingerprint density at radius 3 is 2.56 bits per heavy atom. The van der Waals surface area contributed by atoms with Gasteiger partial charge in [0.1, 0.15) is 5.58 Å². The molecule has 1 aliphatic heterocycles. The van der Waals surface area contributed by atoms with Gasteiger partial charge in [-0.15, -0.1) is 0 Å². The summed E-state index contributed by atoms with van der Waals surface area (Å²) < 4.78 is 29.3. The second-order valence-corrected chi connectivity index (χ2v) is 10.1. The van der Waals surface area contributed by atoms with Gasteiger partial charge in [0.25, 0.3) is 0 Å². The van der Waals surface area contributed by atoms with Crippen LogP contribution < -0.4 is 5.63 Å². The van der Waals surface area contributed by atoms with Gasteiger partial charge in [0.2, 0.25) is 5.91 Å². The Morgan fingerprint density at radius 2 is 1.89 bits per heavy atom. The van der Waals surface area contributed by atoms with Crippen molar-refractivity contribution in [3.05, 3.63) is 46.3 Å². The molecular formula is C20H25NO5S. The molecule has 0 spiro atoms. The Labute approximate surface area is 159 Å². The van der Waals surface area contributed by atoms with E-state index in [-0.39, 0.29) is 29.2 Å². The molecule has 1 saturated heterocycles. The fourth-order valence-electron chi connectivity index (χ4n) is 3.39. The van der Waals surface area contributed by atoms with Crippen LogP contribution in [0.3, 0.4) is 0 Å². The number of rotatable bonds is 5. The number of likely N-dealkylation sites (tertiary alicyclic amines) is 1. The van der Waals surface area contributed by atoms with Crippen LogP contribution in [0.1, 0.15) is 32.3 Å². The number of piperidine rings is 1. The number of sulfone groups is 1. The number of fused-ring (bicyclic) bond motifs is 1. The van der Waals surface area contributed by atoms with E-state index in [0.717, 1.165) is 23.8 Å². The SMILES string of the molecule is CC(C)S(=O)(=O)CC1CCN(C(=O)Cc2ccc3oc(=O)ccc3c2)CC1. The third-order valence-corrected chi connectivity index (χ3v) is 7.57. The van der Waals surface area contributed by atoms with Gasteiger partial charge >= 0.3 is 5.63 Å². The molecule has 1 aromatic carbocycles. The predicted octanol–water partition coefficient (Wildman–Crippen LogP) is 2.40. The van der Waals surface area contributed by atoms with Gasteiger partial charge in [0.15, 0.2) is 9.84 Å². The van der Waals surface area contributed by atoms with Crippen LogP contribution in [0.4, 0.5) is 0 Å². The van der Waals surface area contributed by atoms with Crippen molar-refractivity contribution in [2.24, 2.45) is 5.92 Å². The van der Waals surface area contributed by atoms with E-state index in [1.807, 2.05) is 11.0 Å². The smallest absolute Gasteiger partial charge is 0.336 e. The highest BCUT2D eigenvalue weighted by Crippen LogP contribution is 2.22. The number of carbonyl (C=O) groups excluding carboxylic acids is 1. The van der Waals surface area contributed by atoms with E-state index in [9.17, 15) is 18.0 Å². The first kappa shape index (κ1) is 19.6. The average Bonchev–Trinajstić information content (AvgIpc) is 2.62. The first-order valence-electron chi connectivity index (χ1n) is 9.27. The van der Waals surface area contributed by atoms with E-state index < -0.39 is 15.5 Å². The van der Waals surface area contributed by atoms with Crippen LogP contribution in [-0.2, 0) is 21.1 Å². The molecule has 7 heteroatoms. The number of nitrogens with zero attached hydrogens (tertiary/aromatic N) is 1. The Kier molecular flexibility index (Phi) is 5.69. The van der Waals surface area contributed by atoms with E-state index in [4.69, 9.17) is 4.42 Å². The van der Waals surface area contributed by atoms with Gasteiger partial charge in [-0.1, -0.05) is 6.07 Å². The molecule has 1 amide bonds. The molecule has 0 saturated carbocycles. The van der Waals surface area contributed by atoms with Gasteiger partial charge in [0.05, 0.1) is 17.4 Å². The molecule has 2 aromatic rings. The number of amides is 1. The van der Waals surface area contributed by atoms with Crippen LogP contribution in [-0.4, -0.2) is 43.3 Å². The molecule has 0 bridgehead atoms. The molecule has 0 aliphatic carbocycles. The summed E-state index contributed by atoms with van der Waals surface area (Å²) >= 11 is 0. The van der Waals surface area contributed by atoms with Crippen LogP contribution in [0.2, 0.25) is 0 Å². The minimum Gasteiger partial charge on any atom is -0.423 e. The monoisotopic (exact) mass is 391 g/mol. The maximum atomic E-state index is 12.6. The van der Waals surface area contributed by atoms with Crippen molar-refractivity contribution in [2.45, 2.75) is 38.4 Å². The zero-order valence-electron chi connectivity index (χ0n) is 15.7. The van der Waals surface area contributed by atoms with Crippen molar-refractivity contribution in [3.8, 4) is 0 Å². The van der Waals surface area contributed by atoms with Crippen LogP contribution in [0.5, 0.6) is 0 Å². The largest absolute Gasteiger partial charge is 0.423 e. The average molecular weight is 391 g/mol. The molecule has 0 atom stereocenters. The summed E-state index contributed by atoms with van der Waals surface area (Å²) in [5.74, 6) is 0.379. The molecule has 3 rings (SSSR count). The summed E-state index contributed by atoms with van der Waals surface area (Å²) in [5.41, 5.74) is 0.977. The summed E-state index contributed by atoms with van der Waals surface area (Å²) in [6.45, 7) is 4.62. The Balaban J connectivity index is 1.58. The molecule has 27 heavy (non-hydrogen) atoms. The highest BCUT2D eigenvalue weighted by Gasteiger charge is 2.28. The highest BCUT2D eigenvalue weighted by atomic mass is 32.2. The molecule has 6 nitrogen and oxygen atoms in total. The minimum absolute atomic E-state index is 0.0388. The molecule has 1 aliphatic rings. The lowest BCUT2D eigenvalue weighted by Gasteiger charge is -2.32. The Hall–Kier alpha value is -2.15. The predicted molar refractivity (Wildman–Crippen MR) is 104 cm³/mol. The number of hydrogen-bond acceptors (Lipinski definition) is 5. The van der Waals surface area contributed by atoms with Crippen LogP contribution >= 0.6 is 0 Å². The summed E-state index contributed by atoms with van der Waals surface area (Å²) in [7, 11) is -3.04. The van der Waals surface area contributed by atoms with Gasteiger partial charge in [-0.25, -0.2) is 13.2 Å². The molecule has 0 radical (unpaired) electrons. The topological polar surface area (TPSA) is 84.7 Å². The minimum atomic E-state index is -3.04. The highest BCUT2D eigenvalue weighted by molar-refractivity contribution is 7.91. The summed E-state index contributed by atoms with van der Waals surface area (Å²) in [5, 5.41) is 0.437. The quantitative estimate of drug-likeness (QED) is 0.731. The maximum Gasteiger partial charge on any atom is 0.336 e. The molecule has 146 valence electrons. The van der Waals surface area contributed by atoms with E-state index in [1.54, 1.807) is 32.0 Å². The van der Waals surface area contributed by atoms with Crippen molar-refractivity contribution >= 4 is 26.7 Å². The lowest BCUT2D eigenvalue weighted by Crippen LogP contribution is -2.41. The van der Waals surface area contributed by atoms with Gasteiger partial charge < -0.3 is 9.32 Å². The third kappa shape index (κ3) is 4.77. The molecular weight excluding hydrogens is 366 g/mol. The number of carbonyl (C=O) groups is 1. The first-order valence-corrected chi connectivity index (χ1v) is 11.0. The van der Waals surface area contributed by atoms with Crippen molar-refractivity contribution < 1.29 is 17.6 Å². The Morgan fingerprint density at radius 1 is 1.19 bits per heavy atom. The summed E-state index contributed by atoms with van der Waals surface area (Å²) in [6, 6.07) is 8.42.